The van der Waals surface area contributed by atoms with Gasteiger partial charge < -0.3 is 0 Å². The summed E-state index contributed by atoms with van der Waals surface area (Å²) in [5.41, 5.74) is 0.478. The summed E-state index contributed by atoms with van der Waals surface area (Å²) >= 11 is 15.0. The van der Waals surface area contributed by atoms with Crippen LogP contribution in [0.5, 0.6) is 0 Å². The number of hydrogen-bond donors (Lipinski definition) is 0. The summed E-state index contributed by atoms with van der Waals surface area (Å²) in [5, 5.41) is 1.37. The Balaban J connectivity index is 2.95. The highest BCUT2D eigenvalue weighted by Gasteiger charge is 2.09. The first-order valence-corrected chi connectivity index (χ1v) is 5.23. The first-order valence-electron chi connectivity index (χ1n) is 3.68. The van der Waals surface area contributed by atoms with Crippen LogP contribution in [-0.2, 0) is 0 Å². The fraction of sp³-hybridized carbons (Fsp3) is 0. The number of benzene rings is 1. The lowest BCUT2D eigenvalue weighted by atomic mass is 10.2. The normalized spacial score (nSPS) is 10.9. The average molecular weight is 295 g/mol. The number of rotatable bonds is 0. The van der Waals surface area contributed by atoms with Crippen molar-refractivity contribution in [2.24, 2.45) is 0 Å². The van der Waals surface area contributed by atoms with E-state index in [1.807, 2.05) is 0 Å². The molecule has 1 aromatic carbocycles. The predicted molar refractivity (Wildman–Crippen MR) is 59.4 cm³/mol. The van der Waals surface area contributed by atoms with Crippen molar-refractivity contribution in [2.45, 2.75) is 0 Å². The lowest BCUT2D eigenvalue weighted by Crippen LogP contribution is -1.85. The van der Waals surface area contributed by atoms with Gasteiger partial charge in [0.1, 0.15) is 5.82 Å². The maximum atomic E-state index is 13.0. The highest BCUT2D eigenvalue weighted by atomic mass is 79.9. The largest absolute Gasteiger partial charge is 0.254 e. The van der Waals surface area contributed by atoms with E-state index in [2.05, 4.69) is 20.9 Å². The molecule has 0 radical (unpaired) electrons. The fourth-order valence-corrected chi connectivity index (χ4v) is 2.25. The van der Waals surface area contributed by atoms with Crippen LogP contribution < -0.4 is 0 Å². The van der Waals surface area contributed by atoms with Gasteiger partial charge in [0.2, 0.25) is 0 Å². The van der Waals surface area contributed by atoms with Crippen molar-refractivity contribution in [3.63, 3.8) is 0 Å². The van der Waals surface area contributed by atoms with E-state index in [9.17, 15) is 4.39 Å². The van der Waals surface area contributed by atoms with Crippen LogP contribution in [0.2, 0.25) is 10.0 Å². The number of fused-ring (bicyclic) bond motifs is 1. The SMILES string of the molecule is Fc1cc(Cl)c2c(Br)c(Cl)cnc2c1. The summed E-state index contributed by atoms with van der Waals surface area (Å²) in [7, 11) is 0. The molecule has 72 valence electrons. The molecule has 1 aromatic heterocycles. The van der Waals surface area contributed by atoms with Crippen LogP contribution >= 0.6 is 39.1 Å². The second-order valence-electron chi connectivity index (χ2n) is 2.70. The first kappa shape index (κ1) is 10.1. The molecule has 0 N–H and O–H groups in total. The summed E-state index contributed by atoms with van der Waals surface area (Å²) < 4.78 is 13.6. The van der Waals surface area contributed by atoms with Gasteiger partial charge in [-0.3, -0.25) is 4.98 Å². The summed E-state index contributed by atoms with van der Waals surface area (Å²) in [4.78, 5) is 3.98. The van der Waals surface area contributed by atoms with Crippen LogP contribution in [0.3, 0.4) is 0 Å². The topological polar surface area (TPSA) is 12.9 Å². The van der Waals surface area contributed by atoms with Crippen molar-refractivity contribution < 1.29 is 4.39 Å². The Morgan fingerprint density at radius 1 is 1.21 bits per heavy atom. The van der Waals surface area contributed by atoms with Crippen LogP contribution in [0.4, 0.5) is 4.39 Å². The van der Waals surface area contributed by atoms with Gasteiger partial charge in [0.05, 0.1) is 15.6 Å². The molecule has 1 nitrogen and oxygen atoms in total. The predicted octanol–water partition coefficient (Wildman–Crippen LogP) is 4.44. The summed E-state index contributed by atoms with van der Waals surface area (Å²) in [5.74, 6) is -0.413. The van der Waals surface area contributed by atoms with Crippen LogP contribution in [0.25, 0.3) is 10.9 Å². The van der Waals surface area contributed by atoms with E-state index in [0.29, 0.717) is 25.4 Å². The molecule has 0 aliphatic heterocycles. The van der Waals surface area contributed by atoms with E-state index in [4.69, 9.17) is 23.2 Å². The van der Waals surface area contributed by atoms with Crippen LogP contribution in [0.15, 0.2) is 22.8 Å². The maximum Gasteiger partial charge on any atom is 0.126 e. The Labute approximate surface area is 98.0 Å². The van der Waals surface area contributed by atoms with E-state index >= 15 is 0 Å². The van der Waals surface area contributed by atoms with Gasteiger partial charge in [-0.25, -0.2) is 4.39 Å². The molecule has 0 aliphatic carbocycles. The third-order valence-electron chi connectivity index (χ3n) is 1.78. The molecule has 0 unspecified atom stereocenters. The third kappa shape index (κ3) is 1.60. The lowest BCUT2D eigenvalue weighted by molar-refractivity contribution is 0.629. The molecule has 0 atom stereocenters. The molecule has 0 spiro atoms. The van der Waals surface area contributed by atoms with E-state index < -0.39 is 5.82 Å². The monoisotopic (exact) mass is 293 g/mol. The van der Waals surface area contributed by atoms with Gasteiger partial charge in [-0.15, -0.1) is 0 Å². The molecular formula is C9H3BrCl2FN. The van der Waals surface area contributed by atoms with Gasteiger partial charge in [0.15, 0.2) is 0 Å². The number of hydrogen-bond acceptors (Lipinski definition) is 1. The van der Waals surface area contributed by atoms with Crippen molar-refractivity contribution in [1.29, 1.82) is 0 Å². The van der Waals surface area contributed by atoms with Crippen molar-refractivity contribution in [1.82, 2.24) is 4.98 Å². The molecule has 5 heteroatoms. The Morgan fingerprint density at radius 2 is 1.93 bits per heavy atom. The Bertz CT molecular complexity index is 516. The molecule has 0 aliphatic rings. The van der Waals surface area contributed by atoms with Crippen molar-refractivity contribution >= 4 is 50.0 Å². The van der Waals surface area contributed by atoms with Gasteiger partial charge in [-0.05, 0) is 22.0 Å². The van der Waals surface area contributed by atoms with Gasteiger partial charge in [0, 0.05) is 22.1 Å². The Morgan fingerprint density at radius 3 is 2.64 bits per heavy atom. The average Bonchev–Trinajstić information content (AvgIpc) is 2.10. The fourth-order valence-electron chi connectivity index (χ4n) is 1.18. The van der Waals surface area contributed by atoms with Crippen LogP contribution in [0, 0.1) is 5.82 Å². The summed E-state index contributed by atoms with van der Waals surface area (Å²) in [6.07, 6.45) is 1.45. The zero-order valence-electron chi connectivity index (χ0n) is 6.69. The third-order valence-corrected chi connectivity index (χ3v) is 3.42. The maximum absolute atomic E-state index is 13.0. The minimum Gasteiger partial charge on any atom is -0.254 e. The zero-order chi connectivity index (χ0) is 10.3. The van der Waals surface area contributed by atoms with Gasteiger partial charge >= 0.3 is 0 Å². The van der Waals surface area contributed by atoms with Gasteiger partial charge in [-0.2, -0.15) is 0 Å². The second kappa shape index (κ2) is 3.65. The molecule has 0 bridgehead atoms. The molecule has 2 aromatic rings. The molecule has 0 amide bonds. The highest BCUT2D eigenvalue weighted by molar-refractivity contribution is 9.10. The molecule has 0 fully saturated rings. The standard InChI is InChI=1S/C9H3BrCl2FN/c10-9-6(12)3-14-7-2-4(13)1-5(11)8(7)9/h1-3H. The summed E-state index contributed by atoms with van der Waals surface area (Å²) in [6.45, 7) is 0. The zero-order valence-corrected chi connectivity index (χ0v) is 9.79. The molecule has 2 rings (SSSR count). The number of halogens is 4. The highest BCUT2D eigenvalue weighted by Crippen LogP contribution is 2.34. The lowest BCUT2D eigenvalue weighted by Gasteiger charge is -2.04. The number of pyridine rings is 1. The molecule has 1 heterocycles. The van der Waals surface area contributed by atoms with E-state index in [1.165, 1.54) is 18.3 Å². The van der Waals surface area contributed by atoms with Crippen LogP contribution in [-0.4, -0.2) is 4.98 Å². The second-order valence-corrected chi connectivity index (χ2v) is 4.31. The molecule has 0 saturated carbocycles. The first-order chi connectivity index (χ1) is 6.59. The van der Waals surface area contributed by atoms with Crippen molar-refractivity contribution in [3.05, 3.63) is 38.7 Å². The van der Waals surface area contributed by atoms with E-state index in [1.54, 1.807) is 0 Å². The van der Waals surface area contributed by atoms with Crippen LogP contribution in [0.1, 0.15) is 0 Å². The van der Waals surface area contributed by atoms with E-state index in [0.717, 1.165) is 0 Å². The minimum atomic E-state index is -0.413. The smallest absolute Gasteiger partial charge is 0.126 e. The minimum absolute atomic E-state index is 0.293. The van der Waals surface area contributed by atoms with Crippen molar-refractivity contribution in [2.75, 3.05) is 0 Å². The van der Waals surface area contributed by atoms with Gasteiger partial charge in [-0.1, -0.05) is 23.2 Å². The van der Waals surface area contributed by atoms with Gasteiger partial charge in [0.25, 0.3) is 0 Å². The molecule has 0 saturated heterocycles. The summed E-state index contributed by atoms with van der Waals surface area (Å²) in [6, 6.07) is 2.54. The Kier molecular flexibility index (Phi) is 2.64. The molecule has 14 heavy (non-hydrogen) atoms. The quantitative estimate of drug-likeness (QED) is 0.700. The van der Waals surface area contributed by atoms with Crippen molar-refractivity contribution in [3.8, 4) is 0 Å². The molecular weight excluding hydrogens is 292 g/mol. The Hall–Kier alpha value is -0.380. The van der Waals surface area contributed by atoms with E-state index in [-0.39, 0.29) is 0 Å². The number of aromatic nitrogens is 1. The number of nitrogens with zero attached hydrogens (tertiary/aromatic N) is 1.